The topological polar surface area (TPSA) is 43.4 Å². The molecule has 0 aromatic carbocycles. The van der Waals surface area contributed by atoms with Gasteiger partial charge in [0.15, 0.2) is 5.78 Å². The summed E-state index contributed by atoms with van der Waals surface area (Å²) in [5, 5.41) is 0. The van der Waals surface area contributed by atoms with E-state index in [1.54, 1.807) is 6.92 Å². The molecular weight excluding hydrogens is 180 g/mol. The number of hydrogen-bond donors (Lipinski definition) is 0. The van der Waals surface area contributed by atoms with Crippen molar-refractivity contribution in [1.82, 2.24) is 0 Å². The van der Waals surface area contributed by atoms with Gasteiger partial charge in [-0.2, -0.15) is 0 Å². The van der Waals surface area contributed by atoms with E-state index in [-0.39, 0.29) is 11.4 Å². The van der Waals surface area contributed by atoms with Gasteiger partial charge in [0, 0.05) is 0 Å². The minimum Gasteiger partial charge on any atom is -0.465 e. The predicted octanol–water partition coefficient (Wildman–Crippen LogP) is 2.11. The smallest absolute Gasteiger partial charge is 0.341 e. The Labute approximate surface area is 85.1 Å². The molecule has 0 aliphatic rings. The Morgan fingerprint density at radius 1 is 1.21 bits per heavy atom. The number of carbonyl (C=O) groups is 2. The molecule has 0 spiro atoms. The molecular formula is C11H18O3. The number of allylic oxidation sites excluding steroid dienone is 1. The summed E-state index contributed by atoms with van der Waals surface area (Å²) >= 11 is 0. The lowest BCUT2D eigenvalue weighted by molar-refractivity contribution is -0.137. The first-order valence-corrected chi connectivity index (χ1v) is 4.69. The van der Waals surface area contributed by atoms with Gasteiger partial charge < -0.3 is 4.74 Å². The molecule has 0 radical (unpaired) electrons. The summed E-state index contributed by atoms with van der Waals surface area (Å²) in [6.45, 7) is 7.26. The zero-order chi connectivity index (χ0) is 11.3. The number of methoxy groups -OCH3 is 1. The first kappa shape index (κ1) is 12.9. The molecule has 0 aromatic heterocycles. The van der Waals surface area contributed by atoms with Crippen LogP contribution in [0.2, 0.25) is 0 Å². The molecule has 0 saturated heterocycles. The summed E-state index contributed by atoms with van der Waals surface area (Å²) in [5.41, 5.74) is 1.00. The number of ether oxygens (including phenoxy) is 1. The minimum absolute atomic E-state index is 0.196. The summed E-state index contributed by atoms with van der Waals surface area (Å²) in [6, 6.07) is 0. The fourth-order valence-electron chi connectivity index (χ4n) is 1.43. The van der Waals surface area contributed by atoms with Gasteiger partial charge in [0.05, 0.1) is 7.11 Å². The Balaban J connectivity index is 4.95. The van der Waals surface area contributed by atoms with Crippen LogP contribution >= 0.6 is 0 Å². The van der Waals surface area contributed by atoms with E-state index in [2.05, 4.69) is 4.74 Å². The maximum Gasteiger partial charge on any atom is 0.341 e. The van der Waals surface area contributed by atoms with Crippen molar-refractivity contribution in [2.24, 2.45) is 5.92 Å². The molecule has 3 nitrogen and oxygen atoms in total. The largest absolute Gasteiger partial charge is 0.465 e. The standard InChI is InChI=1S/C11H18O3/c1-7(2)6-8(3)10(9(4)12)11(13)14-5/h7H,6H2,1-5H3. The number of Topliss-reactive ketones (excluding diaryl/α,β-unsaturated/α-hetero) is 1. The first-order valence-electron chi connectivity index (χ1n) is 4.69. The summed E-state index contributed by atoms with van der Waals surface area (Å²) in [7, 11) is 1.29. The van der Waals surface area contributed by atoms with Gasteiger partial charge in [-0.25, -0.2) is 4.79 Å². The Morgan fingerprint density at radius 2 is 1.71 bits per heavy atom. The monoisotopic (exact) mass is 198 g/mol. The lowest BCUT2D eigenvalue weighted by Crippen LogP contribution is -2.14. The Bertz CT molecular complexity index is 262. The van der Waals surface area contributed by atoms with Crippen LogP contribution in [0.3, 0.4) is 0 Å². The molecule has 0 N–H and O–H groups in total. The van der Waals surface area contributed by atoms with Gasteiger partial charge in [0.25, 0.3) is 0 Å². The summed E-state index contributed by atoms with van der Waals surface area (Å²) in [6.07, 6.45) is 0.740. The van der Waals surface area contributed by atoms with E-state index < -0.39 is 5.97 Å². The van der Waals surface area contributed by atoms with Crippen LogP contribution < -0.4 is 0 Å². The predicted molar refractivity (Wildman–Crippen MR) is 54.9 cm³/mol. The van der Waals surface area contributed by atoms with Crippen LogP contribution in [0.5, 0.6) is 0 Å². The summed E-state index contributed by atoms with van der Waals surface area (Å²) < 4.78 is 4.56. The number of esters is 1. The van der Waals surface area contributed by atoms with E-state index in [1.165, 1.54) is 14.0 Å². The fraction of sp³-hybridized carbons (Fsp3) is 0.636. The number of rotatable bonds is 4. The molecule has 0 aliphatic heterocycles. The SMILES string of the molecule is COC(=O)C(C(C)=O)=C(C)CC(C)C. The minimum atomic E-state index is -0.532. The van der Waals surface area contributed by atoms with Gasteiger partial charge in [-0.1, -0.05) is 19.4 Å². The molecule has 0 amide bonds. The van der Waals surface area contributed by atoms with Crippen LogP contribution in [0.15, 0.2) is 11.1 Å². The highest BCUT2D eigenvalue weighted by Gasteiger charge is 2.18. The lowest BCUT2D eigenvalue weighted by Gasteiger charge is -2.09. The van der Waals surface area contributed by atoms with Crippen LogP contribution in [0.4, 0.5) is 0 Å². The average Bonchev–Trinajstić information content (AvgIpc) is 2.01. The van der Waals surface area contributed by atoms with Crippen molar-refractivity contribution in [3.8, 4) is 0 Å². The van der Waals surface area contributed by atoms with Crippen LogP contribution in [-0.4, -0.2) is 18.9 Å². The van der Waals surface area contributed by atoms with Crippen molar-refractivity contribution in [3.05, 3.63) is 11.1 Å². The Morgan fingerprint density at radius 3 is 2.00 bits per heavy atom. The van der Waals surface area contributed by atoms with Gasteiger partial charge in [-0.3, -0.25) is 4.79 Å². The first-order chi connectivity index (χ1) is 6.40. The summed E-state index contributed by atoms with van der Waals surface area (Å²) in [4.78, 5) is 22.5. The highest BCUT2D eigenvalue weighted by atomic mass is 16.5. The normalized spacial score (nSPS) is 12.4. The third-order valence-corrected chi connectivity index (χ3v) is 1.88. The van der Waals surface area contributed by atoms with Crippen LogP contribution in [0.25, 0.3) is 0 Å². The van der Waals surface area contributed by atoms with Crippen molar-refractivity contribution >= 4 is 11.8 Å². The van der Waals surface area contributed by atoms with Gasteiger partial charge >= 0.3 is 5.97 Å². The maximum absolute atomic E-state index is 11.3. The van der Waals surface area contributed by atoms with Gasteiger partial charge in [-0.05, 0) is 26.2 Å². The maximum atomic E-state index is 11.3. The van der Waals surface area contributed by atoms with Crippen molar-refractivity contribution in [2.75, 3.05) is 7.11 Å². The second kappa shape index (κ2) is 5.58. The average molecular weight is 198 g/mol. The van der Waals surface area contributed by atoms with Crippen molar-refractivity contribution in [3.63, 3.8) is 0 Å². The van der Waals surface area contributed by atoms with Gasteiger partial charge in [0.1, 0.15) is 5.57 Å². The van der Waals surface area contributed by atoms with Crippen molar-refractivity contribution in [2.45, 2.75) is 34.1 Å². The highest BCUT2D eigenvalue weighted by Crippen LogP contribution is 2.16. The molecule has 0 saturated carbocycles. The Kier molecular flexibility index (Phi) is 5.13. The summed E-state index contributed by atoms with van der Waals surface area (Å²) in [5.74, 6) is -0.334. The number of hydrogen-bond acceptors (Lipinski definition) is 3. The van der Waals surface area contributed by atoms with E-state index in [0.29, 0.717) is 5.92 Å². The van der Waals surface area contributed by atoms with Crippen LogP contribution in [-0.2, 0) is 14.3 Å². The van der Waals surface area contributed by atoms with E-state index in [9.17, 15) is 9.59 Å². The quantitative estimate of drug-likeness (QED) is 0.301. The van der Waals surface area contributed by atoms with Crippen LogP contribution in [0.1, 0.15) is 34.1 Å². The van der Waals surface area contributed by atoms with Gasteiger partial charge in [-0.15, -0.1) is 0 Å². The molecule has 0 rings (SSSR count). The van der Waals surface area contributed by atoms with Crippen molar-refractivity contribution in [1.29, 1.82) is 0 Å². The fourth-order valence-corrected chi connectivity index (χ4v) is 1.43. The third kappa shape index (κ3) is 3.73. The van der Waals surface area contributed by atoms with Crippen LogP contribution in [0, 0.1) is 5.92 Å². The van der Waals surface area contributed by atoms with E-state index in [0.717, 1.165) is 12.0 Å². The zero-order valence-electron chi connectivity index (χ0n) is 9.51. The molecule has 80 valence electrons. The van der Waals surface area contributed by atoms with Crippen molar-refractivity contribution < 1.29 is 14.3 Å². The molecule has 0 fully saturated rings. The zero-order valence-corrected chi connectivity index (χ0v) is 9.51. The molecule has 0 heterocycles. The lowest BCUT2D eigenvalue weighted by atomic mass is 9.97. The molecule has 0 aromatic rings. The number of carbonyl (C=O) groups excluding carboxylic acids is 2. The molecule has 0 bridgehead atoms. The van der Waals surface area contributed by atoms with E-state index >= 15 is 0 Å². The second-order valence-corrected chi connectivity index (χ2v) is 3.80. The molecule has 0 unspecified atom stereocenters. The molecule has 0 atom stereocenters. The van der Waals surface area contributed by atoms with E-state index in [1.807, 2.05) is 13.8 Å². The number of ketones is 1. The molecule has 14 heavy (non-hydrogen) atoms. The molecule has 3 heteroatoms. The Hall–Kier alpha value is -1.12. The van der Waals surface area contributed by atoms with Gasteiger partial charge in [0.2, 0.25) is 0 Å². The third-order valence-electron chi connectivity index (χ3n) is 1.88. The second-order valence-electron chi connectivity index (χ2n) is 3.80. The molecule has 0 aliphatic carbocycles. The van der Waals surface area contributed by atoms with E-state index in [4.69, 9.17) is 0 Å². The highest BCUT2D eigenvalue weighted by molar-refractivity contribution is 6.16.